The van der Waals surface area contributed by atoms with Gasteiger partial charge in [-0.1, -0.05) is 29.9 Å². The molecule has 0 radical (unpaired) electrons. The van der Waals surface area contributed by atoms with Crippen molar-refractivity contribution in [1.82, 2.24) is 4.57 Å². The summed E-state index contributed by atoms with van der Waals surface area (Å²) in [7, 11) is 3.47. The number of aryl methyl sites for hydroxylation is 1. The molecule has 19 heavy (non-hydrogen) atoms. The summed E-state index contributed by atoms with van der Waals surface area (Å²) >= 11 is 7.58. The first kappa shape index (κ1) is 14.1. The number of carbonyl (C=O) groups excluding carboxylic acids is 1. The number of hydrogen-bond acceptors (Lipinski definition) is 3. The zero-order chi connectivity index (χ0) is 14.0. The van der Waals surface area contributed by atoms with Crippen LogP contribution in [-0.4, -0.2) is 17.6 Å². The molecule has 2 aromatic rings. The van der Waals surface area contributed by atoms with Crippen molar-refractivity contribution in [1.29, 1.82) is 0 Å². The number of fused-ring (bicyclic) bond motifs is 1. The number of hydrogen-bond donors (Lipinski definition) is 0. The van der Waals surface area contributed by atoms with Gasteiger partial charge in [0, 0.05) is 13.5 Å². The number of aromatic nitrogens is 1. The van der Waals surface area contributed by atoms with Crippen molar-refractivity contribution >= 4 is 39.1 Å². The molecule has 0 saturated carbocycles. The van der Waals surface area contributed by atoms with Crippen LogP contribution in [0.4, 0.5) is 0 Å². The number of methoxy groups -OCH3 is 1. The minimum Gasteiger partial charge on any atom is -0.495 e. The highest BCUT2D eigenvalue weighted by molar-refractivity contribution is 7.17. The van der Waals surface area contributed by atoms with E-state index in [9.17, 15) is 4.79 Å². The number of nitrogens with zero attached hydrogens (tertiary/aromatic N) is 2. The summed E-state index contributed by atoms with van der Waals surface area (Å²) < 4.78 is 8.06. The summed E-state index contributed by atoms with van der Waals surface area (Å²) in [5.74, 6) is 0.613. The van der Waals surface area contributed by atoms with Crippen molar-refractivity contribution in [2.45, 2.75) is 19.8 Å². The van der Waals surface area contributed by atoms with Crippen LogP contribution in [0.15, 0.2) is 17.1 Å². The van der Waals surface area contributed by atoms with Crippen LogP contribution in [0.2, 0.25) is 5.02 Å². The molecule has 0 saturated heterocycles. The van der Waals surface area contributed by atoms with Crippen LogP contribution in [0.5, 0.6) is 5.75 Å². The summed E-state index contributed by atoms with van der Waals surface area (Å²) in [6.07, 6.45) is 1.25. The van der Waals surface area contributed by atoms with Gasteiger partial charge in [0.15, 0.2) is 4.80 Å². The largest absolute Gasteiger partial charge is 0.495 e. The number of ether oxygens (including phenoxy) is 1. The lowest BCUT2D eigenvalue weighted by Gasteiger charge is -2.04. The van der Waals surface area contributed by atoms with Crippen LogP contribution in [0.1, 0.15) is 19.8 Å². The average molecular weight is 299 g/mol. The first-order valence-corrected chi connectivity index (χ1v) is 7.17. The van der Waals surface area contributed by atoms with E-state index >= 15 is 0 Å². The molecule has 0 spiro atoms. The Kier molecular flexibility index (Phi) is 4.27. The minimum absolute atomic E-state index is 0.111. The highest BCUT2D eigenvalue weighted by atomic mass is 35.5. The molecule has 4 nitrogen and oxygen atoms in total. The number of benzene rings is 1. The summed E-state index contributed by atoms with van der Waals surface area (Å²) in [5.41, 5.74) is 0.864. The summed E-state index contributed by atoms with van der Waals surface area (Å²) in [5, 5.41) is 0.640. The van der Waals surface area contributed by atoms with E-state index in [2.05, 4.69) is 4.99 Å². The van der Waals surface area contributed by atoms with E-state index in [1.807, 2.05) is 24.6 Å². The van der Waals surface area contributed by atoms with Crippen molar-refractivity contribution < 1.29 is 9.53 Å². The van der Waals surface area contributed by atoms with Crippen LogP contribution in [-0.2, 0) is 11.8 Å². The maximum atomic E-state index is 11.6. The molecular weight excluding hydrogens is 284 g/mol. The standard InChI is InChI=1S/C13H15ClN2O2S/c1-4-5-10(17)15-13-16(2)11-9(18-3)7-6-8(14)12(11)19-13/h6-7H,4-5H2,1-3H3. The van der Waals surface area contributed by atoms with Crippen molar-refractivity contribution in [3.8, 4) is 5.75 Å². The lowest BCUT2D eigenvalue weighted by molar-refractivity contribution is -0.118. The Labute approximate surface area is 120 Å². The van der Waals surface area contributed by atoms with E-state index in [-0.39, 0.29) is 5.91 Å². The Balaban J connectivity index is 2.69. The molecule has 0 atom stereocenters. The monoisotopic (exact) mass is 298 g/mol. The van der Waals surface area contributed by atoms with E-state index in [4.69, 9.17) is 16.3 Å². The fourth-order valence-corrected chi connectivity index (χ4v) is 3.16. The van der Waals surface area contributed by atoms with Crippen LogP contribution in [0.3, 0.4) is 0 Å². The van der Waals surface area contributed by atoms with Gasteiger partial charge in [0.2, 0.25) is 5.91 Å². The molecule has 1 amide bonds. The van der Waals surface area contributed by atoms with Gasteiger partial charge in [-0.25, -0.2) is 0 Å². The van der Waals surface area contributed by atoms with E-state index in [1.54, 1.807) is 13.2 Å². The number of carbonyl (C=O) groups is 1. The fraction of sp³-hybridized carbons (Fsp3) is 0.385. The summed E-state index contributed by atoms with van der Waals surface area (Å²) in [4.78, 5) is 16.4. The first-order chi connectivity index (χ1) is 9.08. The van der Waals surface area contributed by atoms with E-state index in [1.165, 1.54) is 11.3 Å². The van der Waals surface area contributed by atoms with Crippen LogP contribution >= 0.6 is 22.9 Å². The van der Waals surface area contributed by atoms with E-state index in [0.717, 1.165) is 22.4 Å². The van der Waals surface area contributed by atoms with Crippen LogP contribution in [0.25, 0.3) is 10.2 Å². The van der Waals surface area contributed by atoms with Crippen LogP contribution < -0.4 is 9.54 Å². The second kappa shape index (κ2) is 5.75. The molecule has 2 rings (SSSR count). The normalized spacial score (nSPS) is 12.1. The van der Waals surface area contributed by atoms with Gasteiger partial charge in [-0.15, -0.1) is 0 Å². The molecule has 0 fully saturated rings. The number of rotatable bonds is 3. The SMILES string of the molecule is CCCC(=O)N=c1sc2c(Cl)ccc(OC)c2n1C. The summed E-state index contributed by atoms with van der Waals surface area (Å²) in [6, 6.07) is 3.60. The maximum Gasteiger partial charge on any atom is 0.248 e. The number of halogens is 1. The highest BCUT2D eigenvalue weighted by Crippen LogP contribution is 2.32. The maximum absolute atomic E-state index is 11.6. The van der Waals surface area contributed by atoms with Crippen molar-refractivity contribution in [2.24, 2.45) is 12.0 Å². The molecule has 0 unspecified atom stereocenters. The molecule has 1 heterocycles. The Bertz CT molecular complexity index is 688. The molecule has 0 bridgehead atoms. The van der Waals surface area contributed by atoms with Gasteiger partial charge in [-0.05, 0) is 18.6 Å². The Morgan fingerprint density at radius 2 is 2.26 bits per heavy atom. The van der Waals surface area contributed by atoms with Crippen molar-refractivity contribution in [3.63, 3.8) is 0 Å². The predicted octanol–water partition coefficient (Wildman–Crippen LogP) is 3.13. The Hall–Kier alpha value is -1.33. The lowest BCUT2D eigenvalue weighted by Crippen LogP contribution is -2.13. The second-order valence-corrected chi connectivity index (χ2v) is 5.51. The smallest absolute Gasteiger partial charge is 0.248 e. The van der Waals surface area contributed by atoms with Gasteiger partial charge in [0.05, 0.1) is 16.8 Å². The quantitative estimate of drug-likeness (QED) is 0.874. The van der Waals surface area contributed by atoms with Gasteiger partial charge < -0.3 is 9.30 Å². The van der Waals surface area contributed by atoms with Gasteiger partial charge in [-0.3, -0.25) is 4.79 Å². The fourth-order valence-electron chi connectivity index (χ4n) is 1.84. The highest BCUT2D eigenvalue weighted by Gasteiger charge is 2.12. The molecule has 0 aliphatic rings. The Morgan fingerprint density at radius 1 is 1.53 bits per heavy atom. The van der Waals surface area contributed by atoms with Crippen molar-refractivity contribution in [2.75, 3.05) is 7.11 Å². The topological polar surface area (TPSA) is 43.6 Å². The molecule has 0 aliphatic carbocycles. The molecular formula is C13H15ClN2O2S. The molecule has 1 aromatic heterocycles. The minimum atomic E-state index is -0.111. The molecule has 1 aromatic carbocycles. The first-order valence-electron chi connectivity index (χ1n) is 5.98. The summed E-state index contributed by atoms with van der Waals surface area (Å²) in [6.45, 7) is 1.96. The third-order valence-electron chi connectivity index (χ3n) is 2.77. The van der Waals surface area contributed by atoms with Gasteiger partial charge >= 0.3 is 0 Å². The predicted molar refractivity (Wildman–Crippen MR) is 77.8 cm³/mol. The van der Waals surface area contributed by atoms with Crippen LogP contribution in [0, 0.1) is 0 Å². The third kappa shape index (κ3) is 2.67. The number of amides is 1. The third-order valence-corrected chi connectivity index (χ3v) is 4.36. The molecule has 0 N–H and O–H groups in total. The van der Waals surface area contributed by atoms with Crippen molar-refractivity contribution in [3.05, 3.63) is 22.0 Å². The second-order valence-electron chi connectivity index (χ2n) is 4.13. The lowest BCUT2D eigenvalue weighted by atomic mass is 10.3. The molecule has 6 heteroatoms. The van der Waals surface area contributed by atoms with E-state index < -0.39 is 0 Å². The number of thiazole rings is 1. The van der Waals surface area contributed by atoms with E-state index in [0.29, 0.717) is 16.2 Å². The molecule has 0 aliphatic heterocycles. The van der Waals surface area contributed by atoms with Gasteiger partial charge in [-0.2, -0.15) is 4.99 Å². The van der Waals surface area contributed by atoms with Gasteiger partial charge in [0.25, 0.3) is 0 Å². The zero-order valence-corrected chi connectivity index (χ0v) is 12.6. The van der Waals surface area contributed by atoms with Gasteiger partial charge in [0.1, 0.15) is 11.3 Å². The average Bonchev–Trinajstić information content (AvgIpc) is 2.70. The zero-order valence-electron chi connectivity index (χ0n) is 11.1. The molecule has 102 valence electrons. The Morgan fingerprint density at radius 3 is 2.89 bits per heavy atom.